The summed E-state index contributed by atoms with van der Waals surface area (Å²) < 4.78 is 0. The Bertz CT molecular complexity index is 548. The number of quaternary nitrogens is 1. The molecule has 2 heterocycles. The Balaban J connectivity index is 1.24. The Morgan fingerprint density at radius 3 is 2.26 bits per heavy atom. The first-order valence-corrected chi connectivity index (χ1v) is 10.3. The number of nitrogens with zero attached hydrogens (tertiary/aromatic N) is 1. The van der Waals surface area contributed by atoms with E-state index in [0.717, 1.165) is 47.7 Å². The highest BCUT2D eigenvalue weighted by Gasteiger charge is 2.52. The number of carbonyl (C=O) groups excluding carboxylic acids is 1. The van der Waals surface area contributed by atoms with Gasteiger partial charge < -0.3 is 9.80 Å². The predicted molar refractivity (Wildman–Crippen MR) is 91.8 cm³/mol. The van der Waals surface area contributed by atoms with Gasteiger partial charge in [0, 0.05) is 11.8 Å². The second-order valence-electron chi connectivity index (χ2n) is 8.38. The standard InChI is InChI=1S/C19H26N2OS/c22-19(17-2-1-7-23-17)21-5-3-20(4-6-21)18-15-9-13-8-14(11-15)12-16(18)10-13/h1-2,7,13-16,18H,3-6,8-12H2/p+1. The van der Waals surface area contributed by atoms with Gasteiger partial charge in [-0.25, -0.2) is 0 Å². The van der Waals surface area contributed by atoms with Crippen molar-refractivity contribution in [1.29, 1.82) is 0 Å². The van der Waals surface area contributed by atoms with Crippen LogP contribution in [0.25, 0.3) is 0 Å². The summed E-state index contributed by atoms with van der Waals surface area (Å²) in [5, 5.41) is 2.00. The zero-order valence-electron chi connectivity index (χ0n) is 13.7. The average Bonchev–Trinajstić information content (AvgIpc) is 3.08. The first kappa shape index (κ1) is 14.5. The molecule has 1 amide bonds. The lowest BCUT2D eigenvalue weighted by molar-refractivity contribution is -0.939. The zero-order valence-corrected chi connectivity index (χ0v) is 14.6. The minimum absolute atomic E-state index is 0.254. The first-order valence-electron chi connectivity index (χ1n) is 9.45. The number of amides is 1. The molecule has 0 unspecified atom stereocenters. The average molecular weight is 332 g/mol. The maximum Gasteiger partial charge on any atom is 0.264 e. The van der Waals surface area contributed by atoms with Crippen molar-refractivity contribution in [3.8, 4) is 0 Å². The molecular weight excluding hydrogens is 304 g/mol. The highest BCUT2D eigenvalue weighted by Crippen LogP contribution is 2.53. The van der Waals surface area contributed by atoms with Crippen molar-refractivity contribution >= 4 is 17.2 Å². The Hall–Kier alpha value is -0.870. The summed E-state index contributed by atoms with van der Waals surface area (Å²) in [6.45, 7) is 4.25. The summed E-state index contributed by atoms with van der Waals surface area (Å²) in [6.07, 6.45) is 7.59. The summed E-state index contributed by atoms with van der Waals surface area (Å²) in [6, 6.07) is 4.86. The van der Waals surface area contributed by atoms with E-state index in [9.17, 15) is 4.79 Å². The molecular formula is C19H27N2OS+. The fraction of sp³-hybridized carbons (Fsp3) is 0.737. The van der Waals surface area contributed by atoms with Crippen LogP contribution in [0.2, 0.25) is 0 Å². The monoisotopic (exact) mass is 331 g/mol. The molecule has 4 heteroatoms. The van der Waals surface area contributed by atoms with Crippen LogP contribution in [0.1, 0.15) is 41.8 Å². The second kappa shape index (κ2) is 5.59. The van der Waals surface area contributed by atoms with Gasteiger partial charge in [-0.05, 0) is 55.4 Å². The van der Waals surface area contributed by atoms with E-state index < -0.39 is 0 Å². The number of thiophene rings is 1. The van der Waals surface area contributed by atoms with E-state index in [2.05, 4.69) is 4.90 Å². The van der Waals surface area contributed by atoms with Crippen molar-refractivity contribution in [1.82, 2.24) is 4.90 Å². The second-order valence-corrected chi connectivity index (χ2v) is 9.33. The quantitative estimate of drug-likeness (QED) is 0.880. The fourth-order valence-corrected chi connectivity index (χ4v) is 7.17. The molecule has 1 saturated heterocycles. The van der Waals surface area contributed by atoms with Crippen LogP contribution >= 0.6 is 11.3 Å². The summed E-state index contributed by atoms with van der Waals surface area (Å²) in [5.74, 6) is 4.38. The lowest BCUT2D eigenvalue weighted by atomic mass is 9.54. The molecule has 4 bridgehead atoms. The van der Waals surface area contributed by atoms with Crippen LogP contribution in [-0.2, 0) is 0 Å². The molecule has 23 heavy (non-hydrogen) atoms. The van der Waals surface area contributed by atoms with E-state index in [4.69, 9.17) is 0 Å². The number of hydrogen-bond donors (Lipinski definition) is 1. The Labute approximate surface area is 142 Å². The van der Waals surface area contributed by atoms with Gasteiger partial charge >= 0.3 is 0 Å². The molecule has 3 nitrogen and oxygen atoms in total. The first-order chi connectivity index (χ1) is 11.3. The maximum atomic E-state index is 12.5. The van der Waals surface area contributed by atoms with Crippen molar-refractivity contribution in [2.24, 2.45) is 23.7 Å². The molecule has 1 aromatic rings. The third-order valence-corrected chi connectivity index (χ3v) is 7.98. The van der Waals surface area contributed by atoms with E-state index in [1.165, 1.54) is 45.2 Å². The Morgan fingerprint density at radius 1 is 1.04 bits per heavy atom. The van der Waals surface area contributed by atoms with Gasteiger partial charge in [0.15, 0.2) is 0 Å². The van der Waals surface area contributed by atoms with Gasteiger partial charge in [0.05, 0.1) is 37.1 Å². The van der Waals surface area contributed by atoms with Crippen molar-refractivity contribution < 1.29 is 9.69 Å². The number of nitrogens with one attached hydrogen (secondary N) is 1. The number of carbonyl (C=O) groups is 1. The van der Waals surface area contributed by atoms with Crippen LogP contribution in [0.4, 0.5) is 0 Å². The van der Waals surface area contributed by atoms with Crippen LogP contribution in [0, 0.1) is 23.7 Å². The van der Waals surface area contributed by atoms with E-state index in [-0.39, 0.29) is 5.91 Å². The van der Waals surface area contributed by atoms with Gasteiger partial charge in [-0.3, -0.25) is 4.79 Å². The van der Waals surface area contributed by atoms with Crippen LogP contribution in [0.5, 0.6) is 0 Å². The third-order valence-electron chi connectivity index (χ3n) is 7.12. The minimum Gasteiger partial charge on any atom is -0.329 e. The number of hydrogen-bond acceptors (Lipinski definition) is 2. The predicted octanol–water partition coefficient (Wildman–Crippen LogP) is 1.91. The normalized spacial score (nSPS) is 39.8. The van der Waals surface area contributed by atoms with Crippen LogP contribution in [-0.4, -0.2) is 43.0 Å². The molecule has 5 aliphatic rings. The SMILES string of the molecule is O=C(c1cccs1)N1CC[NH+](C2C3CC4CC(C3)CC2C4)CC1. The highest BCUT2D eigenvalue weighted by molar-refractivity contribution is 7.12. The molecule has 1 aromatic heterocycles. The van der Waals surface area contributed by atoms with Gasteiger partial charge in [-0.15, -0.1) is 11.3 Å². The maximum absolute atomic E-state index is 12.5. The molecule has 0 spiro atoms. The Kier molecular flexibility index (Phi) is 3.52. The van der Waals surface area contributed by atoms with Crippen molar-refractivity contribution in [3.63, 3.8) is 0 Å². The number of piperazine rings is 1. The number of rotatable bonds is 2. The molecule has 6 rings (SSSR count). The van der Waals surface area contributed by atoms with Gasteiger partial charge in [-0.1, -0.05) is 6.07 Å². The van der Waals surface area contributed by atoms with E-state index in [1.54, 1.807) is 11.3 Å². The highest BCUT2D eigenvalue weighted by atomic mass is 32.1. The van der Waals surface area contributed by atoms with Crippen LogP contribution < -0.4 is 4.90 Å². The molecule has 1 N–H and O–H groups in total. The molecule has 124 valence electrons. The lowest BCUT2D eigenvalue weighted by Gasteiger charge is -2.56. The smallest absolute Gasteiger partial charge is 0.264 e. The fourth-order valence-electron chi connectivity index (χ4n) is 6.48. The van der Waals surface area contributed by atoms with Crippen LogP contribution in [0.15, 0.2) is 17.5 Å². The van der Waals surface area contributed by atoms with E-state index >= 15 is 0 Å². The van der Waals surface area contributed by atoms with Gasteiger partial charge in [0.2, 0.25) is 0 Å². The zero-order chi connectivity index (χ0) is 15.4. The summed E-state index contributed by atoms with van der Waals surface area (Å²) in [5.41, 5.74) is 0. The molecule has 5 fully saturated rings. The summed E-state index contributed by atoms with van der Waals surface area (Å²) in [4.78, 5) is 17.3. The lowest BCUT2D eigenvalue weighted by Crippen LogP contribution is -3.20. The van der Waals surface area contributed by atoms with Gasteiger partial charge in [0.1, 0.15) is 0 Å². The minimum atomic E-state index is 0.254. The van der Waals surface area contributed by atoms with E-state index in [1.807, 2.05) is 22.4 Å². The van der Waals surface area contributed by atoms with Crippen LogP contribution in [0.3, 0.4) is 0 Å². The topological polar surface area (TPSA) is 24.8 Å². The summed E-state index contributed by atoms with van der Waals surface area (Å²) >= 11 is 1.57. The largest absolute Gasteiger partial charge is 0.329 e. The molecule has 1 aliphatic heterocycles. The molecule has 4 saturated carbocycles. The van der Waals surface area contributed by atoms with Crippen molar-refractivity contribution in [3.05, 3.63) is 22.4 Å². The van der Waals surface area contributed by atoms with E-state index in [0.29, 0.717) is 0 Å². The van der Waals surface area contributed by atoms with Gasteiger partial charge in [0.25, 0.3) is 5.91 Å². The van der Waals surface area contributed by atoms with Gasteiger partial charge in [-0.2, -0.15) is 0 Å². The molecule has 4 aliphatic carbocycles. The summed E-state index contributed by atoms with van der Waals surface area (Å²) in [7, 11) is 0. The molecule has 0 atom stereocenters. The Morgan fingerprint density at radius 2 is 1.70 bits per heavy atom. The van der Waals surface area contributed by atoms with Crippen molar-refractivity contribution in [2.75, 3.05) is 26.2 Å². The molecule has 0 aromatic carbocycles. The van der Waals surface area contributed by atoms with Crippen molar-refractivity contribution in [2.45, 2.75) is 38.1 Å². The molecule has 0 radical (unpaired) electrons. The third kappa shape index (κ3) is 2.45.